The van der Waals surface area contributed by atoms with Crippen molar-refractivity contribution in [2.24, 2.45) is 0 Å². The first-order chi connectivity index (χ1) is 6.93. The quantitative estimate of drug-likeness (QED) is 0.497. The Kier molecular flexibility index (Phi) is 7.14. The molecule has 0 aliphatic rings. The second kappa shape index (κ2) is 7.52. The maximum Gasteiger partial charge on any atom is 0.0543 e. The number of alkyl halides is 1. The molecule has 1 atom stereocenters. The monoisotopic (exact) mass is 229 g/mol. The largest absolute Gasteiger partial charge is 0.550 e. The first-order valence-electron chi connectivity index (χ1n) is 5.08. The average molecular weight is 230 g/mol. The van der Waals surface area contributed by atoms with E-state index in [2.05, 4.69) is 6.58 Å². The highest BCUT2D eigenvalue weighted by Crippen LogP contribution is 2.17. The van der Waals surface area contributed by atoms with Crippen LogP contribution in [0, 0.1) is 0 Å². The van der Waals surface area contributed by atoms with Gasteiger partial charge in [0.25, 0.3) is 0 Å². The number of carbonyl (C=O) groups is 1. The number of carboxylic acid groups (broad SMARTS) is 1. The van der Waals surface area contributed by atoms with E-state index >= 15 is 0 Å². The summed E-state index contributed by atoms with van der Waals surface area (Å²) in [6.07, 6.45) is 4.28. The second-order valence-corrected chi connectivity index (χ2v) is 4.34. The highest BCUT2D eigenvalue weighted by atomic mass is 35.5. The Hall–Kier alpha value is -0.760. The van der Waals surface area contributed by atoms with Crippen LogP contribution < -0.4 is 5.11 Å². The molecule has 0 bridgehead atoms. The van der Waals surface area contributed by atoms with Crippen molar-refractivity contribution in [1.29, 1.82) is 0 Å². The van der Waals surface area contributed by atoms with Gasteiger partial charge >= 0.3 is 0 Å². The van der Waals surface area contributed by atoms with Gasteiger partial charge in [0.2, 0.25) is 0 Å². The van der Waals surface area contributed by atoms with Crippen molar-refractivity contribution in [2.45, 2.75) is 44.9 Å². The van der Waals surface area contributed by atoms with E-state index in [-0.39, 0.29) is 11.8 Å². The predicted octanol–water partition coefficient (Wildman–Crippen LogP) is 2.43. The summed E-state index contributed by atoms with van der Waals surface area (Å²) in [5, 5.41) is 10.2. The van der Waals surface area contributed by atoms with Gasteiger partial charge in [0.1, 0.15) is 0 Å². The second-order valence-electron chi connectivity index (χ2n) is 3.81. The fraction of sp³-hybridized carbons (Fsp3) is 0.583. The van der Waals surface area contributed by atoms with Crippen LogP contribution in [0.5, 0.6) is 0 Å². The van der Waals surface area contributed by atoms with E-state index in [1.165, 1.54) is 5.57 Å². The zero-order valence-corrected chi connectivity index (χ0v) is 10.1. The summed E-state index contributed by atoms with van der Waals surface area (Å²) < 4.78 is 0. The molecule has 0 radical (unpaired) electrons. The molecule has 15 heavy (non-hydrogen) atoms. The molecular formula is C12H18ClO2-. The maximum atomic E-state index is 10.2. The number of allylic oxidation sites excluding steroid dienone is 3. The molecule has 0 aromatic rings. The zero-order valence-electron chi connectivity index (χ0n) is 9.38. The molecule has 0 aliphatic heterocycles. The van der Waals surface area contributed by atoms with E-state index in [1.54, 1.807) is 0 Å². The lowest BCUT2D eigenvalue weighted by Crippen LogP contribution is -2.21. The molecule has 2 nitrogen and oxygen atoms in total. The first kappa shape index (κ1) is 14.2. The molecule has 0 aromatic heterocycles. The third-order valence-electron chi connectivity index (χ3n) is 2.17. The van der Waals surface area contributed by atoms with E-state index < -0.39 is 5.97 Å². The molecule has 0 aromatic carbocycles. The highest BCUT2D eigenvalue weighted by Gasteiger charge is 2.04. The minimum absolute atomic E-state index is 0.00879. The smallest absolute Gasteiger partial charge is 0.0543 e. The van der Waals surface area contributed by atoms with Crippen molar-refractivity contribution in [1.82, 2.24) is 0 Å². The van der Waals surface area contributed by atoms with Gasteiger partial charge in [-0.3, -0.25) is 0 Å². The number of aliphatic carboxylic acids is 1. The molecule has 0 saturated carbocycles. The summed E-state index contributed by atoms with van der Waals surface area (Å²) in [6, 6.07) is 0. The molecule has 1 unspecified atom stereocenters. The fourth-order valence-corrected chi connectivity index (χ4v) is 1.25. The fourth-order valence-electron chi connectivity index (χ4n) is 1.14. The summed E-state index contributed by atoms with van der Waals surface area (Å²) in [4.78, 5) is 10.2. The molecule has 3 heteroatoms. The standard InChI is InChI=1S/C12H19ClO2/c1-9(2)11(13)8-7-10(3)5-4-6-12(14)15/h5,11H,1,4,6-8H2,2-3H3,(H,14,15)/p-1/b10-5+. The van der Waals surface area contributed by atoms with Crippen LogP contribution in [0.15, 0.2) is 23.8 Å². The Labute approximate surface area is 96.6 Å². The van der Waals surface area contributed by atoms with E-state index in [0.717, 1.165) is 18.4 Å². The number of halogens is 1. The number of hydrogen-bond acceptors (Lipinski definition) is 2. The van der Waals surface area contributed by atoms with Gasteiger partial charge in [0.05, 0.1) is 5.38 Å². The van der Waals surface area contributed by atoms with Crippen LogP contribution in [0.2, 0.25) is 0 Å². The summed E-state index contributed by atoms with van der Waals surface area (Å²) in [7, 11) is 0. The van der Waals surface area contributed by atoms with E-state index in [0.29, 0.717) is 6.42 Å². The van der Waals surface area contributed by atoms with E-state index in [1.807, 2.05) is 19.9 Å². The molecule has 0 heterocycles. The lowest BCUT2D eigenvalue weighted by atomic mass is 10.1. The van der Waals surface area contributed by atoms with Crippen molar-refractivity contribution in [3.05, 3.63) is 23.8 Å². The Morgan fingerprint density at radius 1 is 1.47 bits per heavy atom. The van der Waals surface area contributed by atoms with Crippen molar-refractivity contribution in [3.8, 4) is 0 Å². The van der Waals surface area contributed by atoms with Crippen LogP contribution in [0.1, 0.15) is 39.5 Å². The van der Waals surface area contributed by atoms with Crippen molar-refractivity contribution in [2.75, 3.05) is 0 Å². The SMILES string of the molecule is C=C(C)C(Cl)CC/C(C)=C/CCC(=O)[O-]. The van der Waals surface area contributed by atoms with Crippen LogP contribution in [-0.4, -0.2) is 11.3 Å². The van der Waals surface area contributed by atoms with Gasteiger partial charge in [-0.05, 0) is 39.5 Å². The summed E-state index contributed by atoms with van der Waals surface area (Å²) in [5.74, 6) is -1.00. The van der Waals surface area contributed by atoms with Crippen molar-refractivity contribution < 1.29 is 9.90 Å². The van der Waals surface area contributed by atoms with Gasteiger partial charge in [0, 0.05) is 5.97 Å². The highest BCUT2D eigenvalue weighted by molar-refractivity contribution is 6.22. The minimum atomic E-state index is -1.00. The summed E-state index contributed by atoms with van der Waals surface area (Å²) >= 11 is 6.01. The van der Waals surface area contributed by atoms with E-state index in [9.17, 15) is 9.90 Å². The minimum Gasteiger partial charge on any atom is -0.550 e. The molecule has 0 N–H and O–H groups in total. The Morgan fingerprint density at radius 2 is 2.07 bits per heavy atom. The normalized spacial score (nSPS) is 13.7. The van der Waals surface area contributed by atoms with Crippen LogP contribution in [0.4, 0.5) is 0 Å². The van der Waals surface area contributed by atoms with Gasteiger partial charge in [-0.25, -0.2) is 0 Å². The number of rotatable bonds is 7. The summed E-state index contributed by atoms with van der Waals surface area (Å²) in [5.41, 5.74) is 2.14. The molecule has 0 amide bonds. The predicted molar refractivity (Wildman–Crippen MR) is 61.7 cm³/mol. The van der Waals surface area contributed by atoms with Gasteiger partial charge in [-0.1, -0.05) is 23.8 Å². The molecule has 0 aliphatic carbocycles. The summed E-state index contributed by atoms with van der Waals surface area (Å²) in [6.45, 7) is 7.67. The lowest BCUT2D eigenvalue weighted by Gasteiger charge is -2.08. The van der Waals surface area contributed by atoms with Crippen LogP contribution in [0.25, 0.3) is 0 Å². The maximum absolute atomic E-state index is 10.2. The van der Waals surface area contributed by atoms with Crippen LogP contribution in [-0.2, 0) is 4.79 Å². The molecule has 0 rings (SSSR count). The molecule has 0 saturated heterocycles. The molecule has 86 valence electrons. The number of hydrogen-bond donors (Lipinski definition) is 0. The third-order valence-corrected chi connectivity index (χ3v) is 2.76. The third kappa shape index (κ3) is 8.25. The molecule has 0 fully saturated rings. The van der Waals surface area contributed by atoms with Crippen LogP contribution in [0.3, 0.4) is 0 Å². The molecular weight excluding hydrogens is 212 g/mol. The Bertz CT molecular complexity index is 256. The Balaban J connectivity index is 3.77. The van der Waals surface area contributed by atoms with Crippen molar-refractivity contribution in [3.63, 3.8) is 0 Å². The van der Waals surface area contributed by atoms with E-state index in [4.69, 9.17) is 11.6 Å². The Morgan fingerprint density at radius 3 is 2.53 bits per heavy atom. The average Bonchev–Trinajstić information content (AvgIpc) is 2.13. The van der Waals surface area contributed by atoms with Crippen LogP contribution >= 0.6 is 11.6 Å². The first-order valence-corrected chi connectivity index (χ1v) is 5.52. The number of carboxylic acids is 1. The lowest BCUT2D eigenvalue weighted by molar-refractivity contribution is -0.305. The zero-order chi connectivity index (χ0) is 11.8. The van der Waals surface area contributed by atoms with Gasteiger partial charge in [0.15, 0.2) is 0 Å². The molecule has 0 spiro atoms. The topological polar surface area (TPSA) is 40.1 Å². The van der Waals surface area contributed by atoms with Crippen molar-refractivity contribution >= 4 is 17.6 Å². The van der Waals surface area contributed by atoms with Gasteiger partial charge in [-0.15, -0.1) is 11.6 Å². The van der Waals surface area contributed by atoms with Gasteiger partial charge < -0.3 is 9.90 Å². The van der Waals surface area contributed by atoms with Gasteiger partial charge in [-0.2, -0.15) is 0 Å². The number of carbonyl (C=O) groups excluding carboxylic acids is 1.